The second kappa shape index (κ2) is 18.6. The third-order valence-corrected chi connectivity index (χ3v) is 10.5. The number of allylic oxidation sites excluding steroid dienone is 5. The topological polar surface area (TPSA) is 186 Å². The van der Waals surface area contributed by atoms with Crippen LogP contribution in [0.3, 0.4) is 0 Å². The SMILES string of the molecule is CC1(C)/C(=C/C=C/C=C/c2nc3c(ccc[n+]3CCCS(=O)(=O)O)o2)N(CCCCCC(=O)O)c2ccc(S(=O)(=O)[O-])cc21.CC[NH+](CC)CC. The maximum Gasteiger partial charge on any atom is 0.370 e. The number of nitrogens with zero attached hydrogens (tertiary/aromatic N) is 3. The molecule has 0 aliphatic carbocycles. The average Bonchev–Trinajstić information content (AvgIpc) is 3.57. The normalized spacial score (nSPS) is 15.3. The largest absolute Gasteiger partial charge is 0.744 e. The summed E-state index contributed by atoms with van der Waals surface area (Å²) in [6, 6.07) is 7.90. The highest BCUT2D eigenvalue weighted by Gasteiger charge is 2.40. The molecule has 0 spiro atoms. The number of benzene rings is 1. The molecule has 3 aromatic rings. The van der Waals surface area contributed by atoms with Gasteiger partial charge in [0.15, 0.2) is 0 Å². The zero-order valence-electron chi connectivity index (χ0n) is 30.0. The summed E-state index contributed by atoms with van der Waals surface area (Å²) < 4.78 is 73.8. The van der Waals surface area contributed by atoms with Crippen molar-refractivity contribution in [2.75, 3.05) is 36.8 Å². The summed E-state index contributed by atoms with van der Waals surface area (Å²) in [5.74, 6) is -0.852. The standard InChI is InChI=1S/C30H35N3O9S2.C6H15N/c1-30(2)23-21-22(44(39,40)41)15-16-24(23)33(19-8-4-7-14-28(34)35)26(30)12-5-3-6-13-27-31-29-25(42-27)11-9-17-32(29)18-10-20-43(36,37)38;1-4-7(5-2)6-3/h3,5-6,9,11-13,15-17,21H,4,7-8,10,14,18-20H2,1-2H3,(H2-,34,35,36,37,38,39,40,41);4-6H2,1-3H3/p+1. The Morgan fingerprint density at radius 1 is 1.02 bits per heavy atom. The minimum Gasteiger partial charge on any atom is -0.744 e. The predicted octanol–water partition coefficient (Wildman–Crippen LogP) is 4.12. The molecule has 51 heavy (non-hydrogen) atoms. The molecule has 0 bridgehead atoms. The van der Waals surface area contributed by atoms with Crippen LogP contribution in [0, 0.1) is 0 Å². The Morgan fingerprint density at radius 3 is 2.33 bits per heavy atom. The first kappa shape index (κ1) is 41.5. The van der Waals surface area contributed by atoms with Gasteiger partial charge >= 0.3 is 17.5 Å². The fourth-order valence-electron chi connectivity index (χ4n) is 6.00. The number of aryl methyl sites for hydroxylation is 1. The lowest BCUT2D eigenvalue weighted by atomic mass is 9.83. The van der Waals surface area contributed by atoms with Crippen LogP contribution in [0.2, 0.25) is 0 Å². The van der Waals surface area contributed by atoms with E-state index in [1.807, 2.05) is 26.0 Å². The van der Waals surface area contributed by atoms with E-state index in [1.54, 1.807) is 52.1 Å². The van der Waals surface area contributed by atoms with Gasteiger partial charge in [0, 0.05) is 47.2 Å². The fourth-order valence-corrected chi connectivity index (χ4v) is 6.99. The maximum absolute atomic E-state index is 11.7. The second-order valence-corrected chi connectivity index (χ2v) is 15.8. The van der Waals surface area contributed by atoms with Gasteiger partial charge < -0.3 is 23.9 Å². The molecule has 0 atom stereocenters. The van der Waals surface area contributed by atoms with Gasteiger partial charge in [-0.05, 0) is 75.6 Å². The zero-order chi connectivity index (χ0) is 37.8. The van der Waals surface area contributed by atoms with Crippen LogP contribution >= 0.6 is 0 Å². The van der Waals surface area contributed by atoms with Gasteiger partial charge in [-0.2, -0.15) is 8.42 Å². The summed E-state index contributed by atoms with van der Waals surface area (Å²) in [5.41, 5.74) is 2.85. The van der Waals surface area contributed by atoms with Gasteiger partial charge in [-0.1, -0.05) is 38.5 Å². The van der Waals surface area contributed by atoms with E-state index < -0.39 is 31.6 Å². The summed E-state index contributed by atoms with van der Waals surface area (Å²) in [6.07, 6.45) is 13.0. The Labute approximate surface area is 301 Å². The molecule has 0 unspecified atom stereocenters. The molecule has 3 N–H and O–H groups in total. The van der Waals surface area contributed by atoms with Gasteiger partial charge in [-0.25, -0.2) is 13.0 Å². The molecule has 15 heteroatoms. The van der Waals surface area contributed by atoms with Gasteiger partial charge in [0.1, 0.15) is 10.1 Å². The number of anilines is 1. The van der Waals surface area contributed by atoms with E-state index in [2.05, 4.69) is 30.7 Å². The molecule has 0 radical (unpaired) electrons. The first-order valence-corrected chi connectivity index (χ1v) is 20.3. The van der Waals surface area contributed by atoms with Crippen molar-refractivity contribution < 1.29 is 49.7 Å². The molecule has 4 rings (SSSR count). The lowest BCUT2D eigenvalue weighted by molar-refractivity contribution is -0.894. The van der Waals surface area contributed by atoms with Gasteiger partial charge in [-0.15, -0.1) is 0 Å². The molecule has 1 aliphatic rings. The molecule has 13 nitrogen and oxygen atoms in total. The lowest BCUT2D eigenvalue weighted by Crippen LogP contribution is -3.11. The van der Waals surface area contributed by atoms with Crippen LogP contribution < -0.4 is 14.4 Å². The van der Waals surface area contributed by atoms with Crippen molar-refractivity contribution in [2.24, 2.45) is 0 Å². The smallest absolute Gasteiger partial charge is 0.370 e. The Bertz CT molecular complexity index is 1940. The Morgan fingerprint density at radius 2 is 1.73 bits per heavy atom. The lowest BCUT2D eigenvalue weighted by Gasteiger charge is -2.27. The van der Waals surface area contributed by atoms with E-state index in [4.69, 9.17) is 14.1 Å². The summed E-state index contributed by atoms with van der Waals surface area (Å²) in [6.45, 7) is 15.3. The molecular weight excluding hydrogens is 697 g/mol. The third kappa shape index (κ3) is 12.1. The van der Waals surface area contributed by atoms with Crippen LogP contribution in [-0.2, 0) is 37.0 Å². The minimum absolute atomic E-state index is 0.0959. The van der Waals surface area contributed by atoms with Crippen LogP contribution in [0.5, 0.6) is 0 Å². The third-order valence-electron chi connectivity index (χ3n) is 8.88. The number of quaternary nitrogens is 1. The van der Waals surface area contributed by atoms with Gasteiger partial charge in [0.2, 0.25) is 5.58 Å². The second-order valence-electron chi connectivity index (χ2n) is 12.8. The van der Waals surface area contributed by atoms with Crippen LogP contribution in [0.15, 0.2) is 75.8 Å². The number of aromatic nitrogens is 2. The van der Waals surface area contributed by atoms with Crippen LogP contribution in [0.1, 0.15) is 78.2 Å². The highest BCUT2D eigenvalue weighted by Crippen LogP contribution is 2.48. The van der Waals surface area contributed by atoms with Crippen molar-refractivity contribution in [3.05, 3.63) is 78.0 Å². The van der Waals surface area contributed by atoms with Crippen molar-refractivity contribution in [2.45, 2.75) is 83.6 Å². The number of hydrogen-bond donors (Lipinski definition) is 3. The van der Waals surface area contributed by atoms with Crippen LogP contribution in [0.4, 0.5) is 5.69 Å². The Balaban J connectivity index is 0.000000908. The Hall–Kier alpha value is -3.89. The molecule has 0 amide bonds. The van der Waals surface area contributed by atoms with Crippen molar-refractivity contribution in [1.82, 2.24) is 4.98 Å². The van der Waals surface area contributed by atoms with Gasteiger partial charge in [-0.3, -0.25) is 9.35 Å². The molecule has 1 aromatic carbocycles. The van der Waals surface area contributed by atoms with Crippen molar-refractivity contribution >= 4 is 49.2 Å². The first-order valence-electron chi connectivity index (χ1n) is 17.2. The summed E-state index contributed by atoms with van der Waals surface area (Å²) in [4.78, 5) is 18.8. The number of hydrogen-bond acceptors (Lipinski definition) is 9. The van der Waals surface area contributed by atoms with Crippen molar-refractivity contribution in [1.29, 1.82) is 0 Å². The van der Waals surface area contributed by atoms with E-state index in [0.717, 1.165) is 17.8 Å². The molecule has 3 heterocycles. The summed E-state index contributed by atoms with van der Waals surface area (Å²) in [7, 11) is -8.68. The van der Waals surface area contributed by atoms with E-state index in [-0.39, 0.29) is 23.5 Å². The molecular formula is C36H51N4O9S2+. The maximum atomic E-state index is 11.7. The number of pyridine rings is 1. The van der Waals surface area contributed by atoms with Crippen molar-refractivity contribution in [3.63, 3.8) is 0 Å². The van der Waals surface area contributed by atoms with Crippen molar-refractivity contribution in [3.8, 4) is 0 Å². The number of carboxylic acids is 1. The first-order chi connectivity index (χ1) is 24.0. The number of fused-ring (bicyclic) bond motifs is 2. The molecule has 1 aliphatic heterocycles. The number of unbranched alkanes of at least 4 members (excludes halogenated alkanes) is 2. The fraction of sp³-hybridized carbons (Fsp3) is 0.472. The number of rotatable bonds is 17. The highest BCUT2D eigenvalue weighted by molar-refractivity contribution is 7.86. The highest BCUT2D eigenvalue weighted by atomic mass is 32.2. The van der Waals surface area contributed by atoms with Gasteiger partial charge in [0.25, 0.3) is 10.1 Å². The zero-order valence-corrected chi connectivity index (χ0v) is 31.7. The Kier molecular flexibility index (Phi) is 15.1. The van der Waals surface area contributed by atoms with E-state index in [0.29, 0.717) is 48.6 Å². The summed E-state index contributed by atoms with van der Waals surface area (Å²) in [5, 5.41) is 8.93. The molecule has 2 aromatic heterocycles. The molecule has 280 valence electrons. The van der Waals surface area contributed by atoms with E-state index in [9.17, 15) is 26.2 Å². The predicted molar refractivity (Wildman–Crippen MR) is 195 cm³/mol. The van der Waals surface area contributed by atoms with Crippen LogP contribution in [-0.4, -0.2) is 73.9 Å². The van der Waals surface area contributed by atoms with E-state index in [1.165, 1.54) is 31.8 Å². The number of aliphatic carboxylic acids is 1. The van der Waals surface area contributed by atoms with Crippen LogP contribution in [0.25, 0.3) is 17.3 Å². The monoisotopic (exact) mass is 747 g/mol. The average molecular weight is 748 g/mol. The minimum atomic E-state index is -4.63. The quantitative estimate of drug-likeness (QED) is 0.0781. The number of carbonyl (C=O) groups is 1. The molecule has 0 fully saturated rings. The number of carboxylic acid groups (broad SMARTS) is 1. The number of oxazole rings is 1. The number of nitrogens with one attached hydrogen (secondary N) is 1. The van der Waals surface area contributed by atoms with Gasteiger partial charge in [0.05, 0.1) is 43.0 Å². The summed E-state index contributed by atoms with van der Waals surface area (Å²) >= 11 is 0. The molecule has 0 saturated heterocycles. The van der Waals surface area contributed by atoms with E-state index >= 15 is 0 Å². The molecule has 0 saturated carbocycles.